The van der Waals surface area contributed by atoms with E-state index in [0.717, 1.165) is 0 Å². The SMILES string of the molecule is COc1cc(N)ccc1NC(=O)CCCN(C)CC(N)=O. The molecule has 0 radical (unpaired) electrons. The van der Waals surface area contributed by atoms with Gasteiger partial charge >= 0.3 is 0 Å². The maximum Gasteiger partial charge on any atom is 0.231 e. The zero-order chi connectivity index (χ0) is 15.8. The normalized spacial score (nSPS) is 10.4. The number of hydrogen-bond donors (Lipinski definition) is 3. The summed E-state index contributed by atoms with van der Waals surface area (Å²) >= 11 is 0. The van der Waals surface area contributed by atoms with Crippen molar-refractivity contribution in [3.8, 4) is 5.75 Å². The van der Waals surface area contributed by atoms with Gasteiger partial charge in [-0.1, -0.05) is 0 Å². The quantitative estimate of drug-likeness (QED) is 0.601. The van der Waals surface area contributed by atoms with Crippen molar-refractivity contribution in [3.63, 3.8) is 0 Å². The summed E-state index contributed by atoms with van der Waals surface area (Å²) < 4.78 is 5.16. The first kappa shape index (κ1) is 16.8. The number of hydrogen-bond acceptors (Lipinski definition) is 5. The van der Waals surface area contributed by atoms with Gasteiger partial charge in [0.05, 0.1) is 19.3 Å². The predicted octanol–water partition coefficient (Wildman–Crippen LogP) is 0.413. The van der Waals surface area contributed by atoms with E-state index in [1.54, 1.807) is 30.1 Å². The second kappa shape index (κ2) is 8.11. The molecule has 1 aromatic carbocycles. The molecule has 0 aromatic heterocycles. The monoisotopic (exact) mass is 294 g/mol. The van der Waals surface area contributed by atoms with Crippen LogP contribution in [0.15, 0.2) is 18.2 Å². The van der Waals surface area contributed by atoms with Crippen molar-refractivity contribution >= 4 is 23.2 Å². The maximum atomic E-state index is 11.9. The molecular formula is C14H22N4O3. The minimum atomic E-state index is -0.381. The highest BCUT2D eigenvalue weighted by Gasteiger charge is 2.09. The average molecular weight is 294 g/mol. The highest BCUT2D eigenvalue weighted by Crippen LogP contribution is 2.26. The lowest BCUT2D eigenvalue weighted by Gasteiger charge is -2.14. The Balaban J connectivity index is 2.42. The van der Waals surface area contributed by atoms with Crippen molar-refractivity contribution in [1.29, 1.82) is 0 Å². The topological polar surface area (TPSA) is 111 Å². The Morgan fingerprint density at radius 2 is 2.10 bits per heavy atom. The summed E-state index contributed by atoms with van der Waals surface area (Å²) in [6.07, 6.45) is 0.976. The molecule has 5 N–H and O–H groups in total. The fraction of sp³-hybridized carbons (Fsp3) is 0.429. The number of nitrogen functional groups attached to an aromatic ring is 1. The molecular weight excluding hydrogens is 272 g/mol. The van der Waals surface area contributed by atoms with Crippen LogP contribution in [0.25, 0.3) is 0 Å². The Bertz CT molecular complexity index is 505. The molecule has 7 nitrogen and oxygen atoms in total. The van der Waals surface area contributed by atoms with Crippen LogP contribution < -0.4 is 21.5 Å². The van der Waals surface area contributed by atoms with Gasteiger partial charge in [0.25, 0.3) is 0 Å². The molecule has 0 saturated heterocycles. The fourth-order valence-corrected chi connectivity index (χ4v) is 1.88. The molecule has 0 spiro atoms. The largest absolute Gasteiger partial charge is 0.494 e. The number of nitrogens with one attached hydrogen (secondary N) is 1. The van der Waals surface area contributed by atoms with Crippen LogP contribution >= 0.6 is 0 Å². The first-order chi connectivity index (χ1) is 9.92. The minimum Gasteiger partial charge on any atom is -0.494 e. The number of ether oxygens (including phenoxy) is 1. The zero-order valence-electron chi connectivity index (χ0n) is 12.4. The number of amides is 2. The summed E-state index contributed by atoms with van der Waals surface area (Å²) in [6, 6.07) is 5.04. The van der Waals surface area contributed by atoms with E-state index in [1.165, 1.54) is 7.11 Å². The van der Waals surface area contributed by atoms with Gasteiger partial charge in [0.2, 0.25) is 11.8 Å². The molecule has 2 amide bonds. The van der Waals surface area contributed by atoms with Gasteiger partial charge in [0.1, 0.15) is 5.75 Å². The first-order valence-electron chi connectivity index (χ1n) is 6.62. The van der Waals surface area contributed by atoms with Crippen molar-refractivity contribution in [3.05, 3.63) is 18.2 Å². The Hall–Kier alpha value is -2.28. The van der Waals surface area contributed by atoms with Crippen LogP contribution in [0.3, 0.4) is 0 Å². The number of carbonyl (C=O) groups excluding carboxylic acids is 2. The van der Waals surface area contributed by atoms with Crippen LogP contribution in [0.5, 0.6) is 5.75 Å². The van der Waals surface area contributed by atoms with Gasteiger partial charge in [0, 0.05) is 18.2 Å². The molecule has 7 heteroatoms. The van der Waals surface area contributed by atoms with Crippen LogP contribution in [0.1, 0.15) is 12.8 Å². The molecule has 0 fully saturated rings. The van der Waals surface area contributed by atoms with Crippen LogP contribution in [0, 0.1) is 0 Å². The number of methoxy groups -OCH3 is 1. The number of primary amides is 1. The Morgan fingerprint density at radius 3 is 2.71 bits per heavy atom. The van der Waals surface area contributed by atoms with Crippen LogP contribution in [-0.4, -0.2) is 44.0 Å². The molecule has 0 aliphatic heterocycles. The molecule has 1 aromatic rings. The van der Waals surface area contributed by atoms with E-state index < -0.39 is 0 Å². The Kier molecular flexibility index (Phi) is 6.48. The third-order valence-electron chi connectivity index (χ3n) is 2.87. The number of rotatable bonds is 8. The van der Waals surface area contributed by atoms with Gasteiger partial charge in [-0.2, -0.15) is 0 Å². The van der Waals surface area contributed by atoms with Gasteiger partial charge in [-0.3, -0.25) is 14.5 Å². The summed E-state index contributed by atoms with van der Waals surface area (Å²) in [6.45, 7) is 0.808. The number of benzene rings is 1. The van der Waals surface area contributed by atoms with E-state index in [2.05, 4.69) is 5.32 Å². The number of likely N-dealkylation sites (N-methyl/N-ethyl adjacent to an activating group) is 1. The summed E-state index contributed by atoms with van der Waals surface area (Å²) in [5.41, 5.74) is 11.9. The number of anilines is 2. The van der Waals surface area contributed by atoms with E-state index in [1.807, 2.05) is 0 Å². The van der Waals surface area contributed by atoms with E-state index in [0.29, 0.717) is 36.5 Å². The lowest BCUT2D eigenvalue weighted by atomic mass is 10.2. The summed E-state index contributed by atoms with van der Waals surface area (Å²) in [7, 11) is 3.30. The summed E-state index contributed by atoms with van der Waals surface area (Å²) in [5, 5.41) is 2.77. The number of nitrogens with two attached hydrogens (primary N) is 2. The van der Waals surface area contributed by atoms with E-state index >= 15 is 0 Å². The van der Waals surface area contributed by atoms with Gasteiger partial charge in [-0.05, 0) is 32.1 Å². The molecule has 21 heavy (non-hydrogen) atoms. The third-order valence-corrected chi connectivity index (χ3v) is 2.87. The smallest absolute Gasteiger partial charge is 0.231 e. The summed E-state index contributed by atoms with van der Waals surface area (Å²) in [4.78, 5) is 24.4. The number of nitrogens with zero attached hydrogens (tertiary/aromatic N) is 1. The van der Waals surface area contributed by atoms with Gasteiger partial charge in [-0.25, -0.2) is 0 Å². The first-order valence-corrected chi connectivity index (χ1v) is 6.62. The van der Waals surface area contributed by atoms with Crippen LogP contribution in [-0.2, 0) is 9.59 Å². The molecule has 0 saturated carbocycles. The van der Waals surface area contributed by atoms with Crippen molar-refractivity contribution in [2.75, 3.05) is 38.3 Å². The van der Waals surface area contributed by atoms with Crippen molar-refractivity contribution in [2.45, 2.75) is 12.8 Å². The predicted molar refractivity (Wildman–Crippen MR) is 82.0 cm³/mol. The zero-order valence-corrected chi connectivity index (χ0v) is 12.4. The molecule has 0 aliphatic carbocycles. The fourth-order valence-electron chi connectivity index (χ4n) is 1.88. The molecule has 1 rings (SSSR count). The van der Waals surface area contributed by atoms with Crippen LogP contribution in [0.4, 0.5) is 11.4 Å². The second-order valence-corrected chi connectivity index (χ2v) is 4.82. The lowest BCUT2D eigenvalue weighted by molar-refractivity contribution is -0.118. The Morgan fingerprint density at radius 1 is 1.38 bits per heavy atom. The van der Waals surface area contributed by atoms with E-state index in [-0.39, 0.29) is 18.4 Å². The standard InChI is InChI=1S/C14H22N4O3/c1-18(9-13(16)19)7-3-4-14(20)17-11-6-5-10(15)8-12(11)21-2/h5-6,8H,3-4,7,9,15H2,1-2H3,(H2,16,19)(H,17,20). The van der Waals surface area contributed by atoms with Gasteiger partial charge in [-0.15, -0.1) is 0 Å². The molecule has 0 heterocycles. The van der Waals surface area contributed by atoms with Crippen LogP contribution in [0.2, 0.25) is 0 Å². The molecule has 0 atom stereocenters. The lowest BCUT2D eigenvalue weighted by Crippen LogP contribution is -2.31. The average Bonchev–Trinajstić information content (AvgIpc) is 2.39. The van der Waals surface area contributed by atoms with Crippen molar-refractivity contribution in [2.24, 2.45) is 5.73 Å². The highest BCUT2D eigenvalue weighted by molar-refractivity contribution is 5.92. The number of carbonyl (C=O) groups is 2. The summed E-state index contributed by atoms with van der Waals surface area (Å²) in [5.74, 6) is 0.0216. The maximum absolute atomic E-state index is 11.9. The van der Waals surface area contributed by atoms with E-state index in [4.69, 9.17) is 16.2 Å². The molecule has 0 bridgehead atoms. The second-order valence-electron chi connectivity index (χ2n) is 4.82. The molecule has 0 aliphatic rings. The van der Waals surface area contributed by atoms with E-state index in [9.17, 15) is 9.59 Å². The molecule has 116 valence electrons. The van der Waals surface area contributed by atoms with Crippen molar-refractivity contribution < 1.29 is 14.3 Å². The van der Waals surface area contributed by atoms with Gasteiger partial charge in [0.15, 0.2) is 0 Å². The van der Waals surface area contributed by atoms with Gasteiger partial charge < -0.3 is 21.5 Å². The molecule has 0 unspecified atom stereocenters. The Labute approximate surface area is 124 Å². The van der Waals surface area contributed by atoms with Crippen molar-refractivity contribution in [1.82, 2.24) is 4.90 Å². The third kappa shape index (κ3) is 6.13. The minimum absolute atomic E-state index is 0.120. The highest BCUT2D eigenvalue weighted by atomic mass is 16.5.